The zero-order valence-corrected chi connectivity index (χ0v) is 24.3. The summed E-state index contributed by atoms with van der Waals surface area (Å²) >= 11 is 0. The van der Waals surface area contributed by atoms with Crippen molar-refractivity contribution in [2.24, 2.45) is 11.3 Å². The first-order chi connectivity index (χ1) is 20.6. The first-order valence-electron chi connectivity index (χ1n) is 14.1. The second-order valence-corrected chi connectivity index (χ2v) is 11.2. The molecule has 4 rings (SSSR count). The summed E-state index contributed by atoms with van der Waals surface area (Å²) < 4.78 is 38.7. The van der Waals surface area contributed by atoms with Gasteiger partial charge in [0.1, 0.15) is 30.4 Å². The minimum Gasteiger partial charge on any atom is -0.496 e. The lowest BCUT2D eigenvalue weighted by Gasteiger charge is -2.29. The van der Waals surface area contributed by atoms with Crippen LogP contribution in [0.5, 0.6) is 11.5 Å². The monoisotopic (exact) mass is 598 g/mol. The van der Waals surface area contributed by atoms with Gasteiger partial charge >= 0.3 is 0 Å². The third-order valence-corrected chi connectivity index (χ3v) is 7.54. The molecule has 2 aromatic carbocycles. The van der Waals surface area contributed by atoms with E-state index < -0.39 is 59.1 Å². The number of carbonyl (C=O) groups is 4. The molecule has 1 fully saturated rings. The van der Waals surface area contributed by atoms with Crippen LogP contribution >= 0.6 is 0 Å². The molecule has 43 heavy (non-hydrogen) atoms. The number of amides is 2. The topological polar surface area (TPSA) is 139 Å². The van der Waals surface area contributed by atoms with Crippen molar-refractivity contribution in [3.8, 4) is 11.5 Å². The number of halogens is 2. The molecule has 12 heteroatoms. The van der Waals surface area contributed by atoms with Crippen molar-refractivity contribution < 1.29 is 37.4 Å². The van der Waals surface area contributed by atoms with Crippen LogP contribution in [0.4, 0.5) is 8.78 Å². The molecule has 3 aromatic rings. The lowest BCUT2D eigenvalue weighted by Crippen LogP contribution is -2.54. The van der Waals surface area contributed by atoms with Gasteiger partial charge in [-0.1, -0.05) is 26.0 Å². The standard InChI is InChI=1S/C31H36F2N4O6/c1-18(2)12-23(36-30(41)24-13-19-22(35-24)8-5-9-27(19)42-3)29(40)37-25(14-31(17-38)10-11-34-16-31)26(39)15-43-28-20(32)6-4-7-21(28)33/h4-9,13,17-18,23,25,34-35H,10-12,14-16H2,1-3H3,(H,36,41)(H,37,40). The van der Waals surface area contributed by atoms with E-state index >= 15 is 0 Å². The Morgan fingerprint density at radius 1 is 1.07 bits per heavy atom. The van der Waals surface area contributed by atoms with E-state index in [2.05, 4.69) is 20.9 Å². The second kappa shape index (κ2) is 13.8. The molecule has 0 saturated carbocycles. The van der Waals surface area contributed by atoms with Crippen molar-refractivity contribution in [1.82, 2.24) is 20.9 Å². The van der Waals surface area contributed by atoms with Gasteiger partial charge in [0.15, 0.2) is 23.2 Å². The molecule has 230 valence electrons. The van der Waals surface area contributed by atoms with E-state index in [0.717, 1.165) is 18.4 Å². The number of nitrogens with one attached hydrogen (secondary N) is 4. The number of ketones is 1. The number of H-pyrrole nitrogens is 1. The molecule has 2 heterocycles. The molecular weight excluding hydrogens is 562 g/mol. The van der Waals surface area contributed by atoms with Gasteiger partial charge < -0.3 is 35.2 Å². The highest BCUT2D eigenvalue weighted by Gasteiger charge is 2.39. The largest absolute Gasteiger partial charge is 0.496 e. The number of aldehydes is 1. The third-order valence-electron chi connectivity index (χ3n) is 7.54. The predicted octanol–water partition coefficient (Wildman–Crippen LogP) is 3.30. The molecule has 3 atom stereocenters. The SMILES string of the molecule is COc1cccc2[nH]c(C(=O)NC(CC(C)C)C(=O)NC(CC3(C=O)CCNC3)C(=O)COc3c(F)cccc3F)cc12. The number of aromatic nitrogens is 1. The first-order valence-corrected chi connectivity index (χ1v) is 14.1. The van der Waals surface area contributed by atoms with Crippen LogP contribution in [0.25, 0.3) is 10.9 Å². The van der Waals surface area contributed by atoms with E-state index in [1.165, 1.54) is 13.2 Å². The van der Waals surface area contributed by atoms with Crippen LogP contribution in [-0.2, 0) is 14.4 Å². The maximum absolute atomic E-state index is 14.1. The third kappa shape index (κ3) is 7.56. The van der Waals surface area contributed by atoms with Crippen molar-refractivity contribution in [2.45, 2.75) is 45.2 Å². The summed E-state index contributed by atoms with van der Waals surface area (Å²) in [4.78, 5) is 55.3. The maximum Gasteiger partial charge on any atom is 0.268 e. The minimum absolute atomic E-state index is 0.0132. The molecular formula is C31H36F2N4O6. The Morgan fingerprint density at radius 3 is 2.42 bits per heavy atom. The van der Waals surface area contributed by atoms with Crippen LogP contribution in [0.2, 0.25) is 0 Å². The Balaban J connectivity index is 1.54. The van der Waals surface area contributed by atoms with Crippen LogP contribution in [0.15, 0.2) is 42.5 Å². The number of hydrogen-bond donors (Lipinski definition) is 4. The average molecular weight is 599 g/mol. The molecule has 1 saturated heterocycles. The predicted molar refractivity (Wildman–Crippen MR) is 155 cm³/mol. The molecule has 10 nitrogen and oxygen atoms in total. The Morgan fingerprint density at radius 2 is 1.79 bits per heavy atom. The summed E-state index contributed by atoms with van der Waals surface area (Å²) in [6, 6.07) is 7.86. The van der Waals surface area contributed by atoms with E-state index in [0.29, 0.717) is 36.2 Å². The fourth-order valence-electron chi connectivity index (χ4n) is 5.24. The Labute approximate surface area is 247 Å². The van der Waals surface area contributed by atoms with Gasteiger partial charge in [-0.3, -0.25) is 14.4 Å². The van der Waals surface area contributed by atoms with Crippen molar-refractivity contribution in [2.75, 3.05) is 26.8 Å². The van der Waals surface area contributed by atoms with Gasteiger partial charge in [0, 0.05) is 22.9 Å². The molecule has 0 radical (unpaired) electrons. The Kier molecular flexibility index (Phi) is 10.1. The second-order valence-electron chi connectivity index (χ2n) is 11.2. The summed E-state index contributed by atoms with van der Waals surface area (Å²) in [6.45, 7) is 3.86. The molecule has 1 aromatic heterocycles. The number of methoxy groups -OCH3 is 1. The number of hydrogen-bond acceptors (Lipinski definition) is 7. The summed E-state index contributed by atoms with van der Waals surface area (Å²) in [5.74, 6) is -3.97. The number of aromatic amines is 1. The molecule has 0 bridgehead atoms. The van der Waals surface area contributed by atoms with Gasteiger partial charge in [-0.15, -0.1) is 0 Å². The van der Waals surface area contributed by atoms with E-state index in [-0.39, 0.29) is 24.5 Å². The smallest absolute Gasteiger partial charge is 0.268 e. The van der Waals surface area contributed by atoms with Gasteiger partial charge in [0.25, 0.3) is 5.91 Å². The number of benzene rings is 2. The van der Waals surface area contributed by atoms with E-state index in [4.69, 9.17) is 9.47 Å². The maximum atomic E-state index is 14.1. The molecule has 1 aliphatic rings. The number of Topliss-reactive ketones (excluding diaryl/α,β-unsaturated/α-hetero) is 1. The van der Waals surface area contributed by atoms with E-state index in [1.807, 2.05) is 13.8 Å². The Bertz CT molecular complexity index is 1460. The lowest BCUT2D eigenvalue weighted by molar-refractivity contribution is -0.131. The number of ether oxygens (including phenoxy) is 2. The Hall–Kier alpha value is -4.32. The highest BCUT2D eigenvalue weighted by Crippen LogP contribution is 2.30. The average Bonchev–Trinajstić information content (AvgIpc) is 3.63. The molecule has 2 amide bonds. The van der Waals surface area contributed by atoms with Crippen LogP contribution < -0.4 is 25.4 Å². The number of rotatable bonds is 14. The quantitative estimate of drug-likeness (QED) is 0.209. The fraction of sp³-hybridized carbons (Fsp3) is 0.419. The number of fused-ring (bicyclic) bond motifs is 1. The lowest BCUT2D eigenvalue weighted by atomic mass is 9.81. The minimum atomic E-state index is -1.23. The van der Waals surface area contributed by atoms with Crippen LogP contribution in [0.3, 0.4) is 0 Å². The normalized spacial score (nSPS) is 17.8. The van der Waals surface area contributed by atoms with Crippen LogP contribution in [-0.4, -0.2) is 67.8 Å². The first kappa shape index (κ1) is 31.6. The van der Waals surface area contributed by atoms with Gasteiger partial charge in [-0.05, 0) is 62.1 Å². The fourth-order valence-corrected chi connectivity index (χ4v) is 5.24. The van der Waals surface area contributed by atoms with Crippen LogP contribution in [0.1, 0.15) is 43.6 Å². The summed E-state index contributed by atoms with van der Waals surface area (Å²) in [5, 5.41) is 9.23. The molecule has 4 N–H and O–H groups in total. The highest BCUT2D eigenvalue weighted by molar-refractivity contribution is 6.02. The summed E-state index contributed by atoms with van der Waals surface area (Å²) in [7, 11) is 1.52. The van der Waals surface area contributed by atoms with Gasteiger partial charge in [-0.2, -0.15) is 0 Å². The molecule has 1 aliphatic heterocycles. The highest BCUT2D eigenvalue weighted by atomic mass is 19.1. The molecule has 0 aliphatic carbocycles. The summed E-state index contributed by atoms with van der Waals surface area (Å²) in [6.07, 6.45) is 1.39. The van der Waals surface area contributed by atoms with Crippen molar-refractivity contribution >= 4 is 34.8 Å². The van der Waals surface area contributed by atoms with E-state index in [9.17, 15) is 28.0 Å². The van der Waals surface area contributed by atoms with Gasteiger partial charge in [-0.25, -0.2) is 8.78 Å². The van der Waals surface area contributed by atoms with Gasteiger partial charge in [0.2, 0.25) is 5.91 Å². The van der Waals surface area contributed by atoms with Crippen molar-refractivity contribution in [1.29, 1.82) is 0 Å². The molecule has 0 spiro atoms. The summed E-state index contributed by atoms with van der Waals surface area (Å²) in [5.41, 5.74) is -0.0431. The van der Waals surface area contributed by atoms with Crippen molar-refractivity contribution in [3.63, 3.8) is 0 Å². The number of carbonyl (C=O) groups excluding carboxylic acids is 4. The van der Waals surface area contributed by atoms with E-state index in [1.54, 1.807) is 24.3 Å². The number of para-hydroxylation sites is 1. The van der Waals surface area contributed by atoms with Gasteiger partial charge in [0.05, 0.1) is 13.2 Å². The van der Waals surface area contributed by atoms with Crippen LogP contribution in [0, 0.1) is 23.0 Å². The molecule has 3 unspecified atom stereocenters. The zero-order valence-electron chi connectivity index (χ0n) is 24.3. The zero-order chi connectivity index (χ0) is 31.1. The van der Waals surface area contributed by atoms with Crippen molar-refractivity contribution in [3.05, 3.63) is 59.8 Å².